The van der Waals surface area contributed by atoms with E-state index in [0.717, 1.165) is 31.5 Å². The van der Waals surface area contributed by atoms with Crippen molar-refractivity contribution in [1.82, 2.24) is 4.90 Å². The van der Waals surface area contributed by atoms with Crippen LogP contribution in [0, 0.1) is 0 Å². The Morgan fingerprint density at radius 1 is 1.25 bits per heavy atom. The van der Waals surface area contributed by atoms with Crippen LogP contribution in [-0.2, 0) is 11.2 Å². The second-order valence-corrected chi connectivity index (χ2v) is 7.28. The molecule has 4 heteroatoms. The predicted octanol–water partition coefficient (Wildman–Crippen LogP) is 3.23. The number of fused-ring (bicyclic) bond motifs is 1. The normalized spacial score (nSPS) is 19.2. The molecule has 0 fully saturated rings. The Balaban J connectivity index is 1.90. The lowest BCUT2D eigenvalue weighted by Crippen LogP contribution is -2.43. The molecule has 1 N–H and O–H groups in total. The van der Waals surface area contributed by atoms with Crippen LogP contribution in [-0.4, -0.2) is 35.1 Å². The van der Waals surface area contributed by atoms with E-state index in [1.54, 1.807) is 11.9 Å². The SMILES string of the molecule is CC1=C(N(C)C(=O)C(C)(C)O)/C(=C/N2CCc3ccccc32)CC1. The van der Waals surface area contributed by atoms with Crippen molar-refractivity contribution in [1.29, 1.82) is 0 Å². The number of anilines is 1. The first kappa shape index (κ1) is 16.8. The van der Waals surface area contributed by atoms with Gasteiger partial charge < -0.3 is 14.9 Å². The Bertz CT molecular complexity index is 725. The zero-order valence-electron chi connectivity index (χ0n) is 15.0. The summed E-state index contributed by atoms with van der Waals surface area (Å²) in [6.07, 6.45) is 5.13. The Kier molecular flexibility index (Phi) is 4.26. The smallest absolute Gasteiger partial charge is 0.258 e. The van der Waals surface area contributed by atoms with Gasteiger partial charge in [-0.3, -0.25) is 4.79 Å². The van der Waals surface area contributed by atoms with Gasteiger partial charge in [0.1, 0.15) is 5.60 Å². The molecule has 0 saturated carbocycles. The highest BCUT2D eigenvalue weighted by molar-refractivity contribution is 5.86. The predicted molar refractivity (Wildman–Crippen MR) is 96.6 cm³/mol. The number of carbonyl (C=O) groups is 1. The summed E-state index contributed by atoms with van der Waals surface area (Å²) in [7, 11) is 1.76. The Morgan fingerprint density at radius 3 is 2.67 bits per heavy atom. The molecule has 2 aliphatic rings. The number of nitrogens with zero attached hydrogens (tertiary/aromatic N) is 2. The van der Waals surface area contributed by atoms with Gasteiger partial charge >= 0.3 is 0 Å². The first-order chi connectivity index (χ1) is 11.3. The molecule has 0 saturated heterocycles. The van der Waals surface area contributed by atoms with Gasteiger partial charge in [-0.2, -0.15) is 0 Å². The fourth-order valence-electron chi connectivity index (χ4n) is 3.66. The minimum atomic E-state index is -1.37. The Morgan fingerprint density at radius 2 is 1.96 bits per heavy atom. The minimum Gasteiger partial charge on any atom is -0.381 e. The molecular formula is C20H26N2O2. The molecule has 0 radical (unpaired) electrons. The number of aliphatic hydroxyl groups is 1. The lowest BCUT2D eigenvalue weighted by Gasteiger charge is -2.28. The fraction of sp³-hybridized carbons (Fsp3) is 0.450. The fourth-order valence-corrected chi connectivity index (χ4v) is 3.66. The first-order valence-electron chi connectivity index (χ1n) is 8.55. The number of allylic oxidation sites excluding steroid dienone is 2. The monoisotopic (exact) mass is 326 g/mol. The molecule has 3 rings (SSSR count). The summed E-state index contributed by atoms with van der Waals surface area (Å²) in [6, 6.07) is 8.47. The van der Waals surface area contributed by atoms with Gasteiger partial charge in [0.2, 0.25) is 0 Å². The van der Waals surface area contributed by atoms with Crippen molar-refractivity contribution < 1.29 is 9.90 Å². The van der Waals surface area contributed by atoms with Crippen molar-refractivity contribution in [3.63, 3.8) is 0 Å². The van der Waals surface area contributed by atoms with Gasteiger partial charge in [0.05, 0.1) is 0 Å². The van der Waals surface area contributed by atoms with Crippen LogP contribution in [0.2, 0.25) is 0 Å². The van der Waals surface area contributed by atoms with Crippen molar-refractivity contribution in [3.8, 4) is 0 Å². The summed E-state index contributed by atoms with van der Waals surface area (Å²) < 4.78 is 0. The molecule has 128 valence electrons. The Hall–Kier alpha value is -2.07. The van der Waals surface area contributed by atoms with E-state index in [0.29, 0.717) is 0 Å². The third-order valence-electron chi connectivity index (χ3n) is 4.88. The van der Waals surface area contributed by atoms with Crippen molar-refractivity contribution in [2.24, 2.45) is 0 Å². The van der Waals surface area contributed by atoms with Gasteiger partial charge in [0, 0.05) is 31.2 Å². The topological polar surface area (TPSA) is 43.8 Å². The molecule has 1 aromatic carbocycles. The van der Waals surface area contributed by atoms with Crippen LogP contribution in [0.5, 0.6) is 0 Å². The highest BCUT2D eigenvalue weighted by Crippen LogP contribution is 2.36. The minimum absolute atomic E-state index is 0.272. The maximum atomic E-state index is 12.5. The van der Waals surface area contributed by atoms with Gasteiger partial charge in [-0.15, -0.1) is 0 Å². The maximum Gasteiger partial charge on any atom is 0.258 e. The van der Waals surface area contributed by atoms with Crippen LogP contribution in [0.4, 0.5) is 5.69 Å². The molecule has 0 atom stereocenters. The largest absolute Gasteiger partial charge is 0.381 e. The average Bonchev–Trinajstić information content (AvgIpc) is 3.10. The van der Waals surface area contributed by atoms with Crippen LogP contribution >= 0.6 is 0 Å². The number of benzene rings is 1. The molecule has 0 spiro atoms. The van der Waals surface area contributed by atoms with Crippen molar-refractivity contribution in [3.05, 3.63) is 52.9 Å². The van der Waals surface area contributed by atoms with Gasteiger partial charge in [0.25, 0.3) is 5.91 Å². The lowest BCUT2D eigenvalue weighted by atomic mass is 10.1. The van der Waals surface area contributed by atoms with E-state index in [4.69, 9.17) is 0 Å². The number of hydrogen-bond donors (Lipinski definition) is 1. The van der Waals surface area contributed by atoms with E-state index in [2.05, 4.69) is 42.3 Å². The van der Waals surface area contributed by atoms with Crippen molar-refractivity contribution in [2.75, 3.05) is 18.5 Å². The van der Waals surface area contributed by atoms with Crippen LogP contribution in [0.1, 0.15) is 39.2 Å². The van der Waals surface area contributed by atoms with Crippen molar-refractivity contribution >= 4 is 11.6 Å². The van der Waals surface area contributed by atoms with E-state index in [9.17, 15) is 9.90 Å². The first-order valence-corrected chi connectivity index (χ1v) is 8.55. The van der Waals surface area contributed by atoms with Gasteiger partial charge in [-0.25, -0.2) is 0 Å². The summed E-state index contributed by atoms with van der Waals surface area (Å²) in [6.45, 7) is 6.12. The van der Waals surface area contributed by atoms with Crippen LogP contribution < -0.4 is 4.90 Å². The zero-order chi connectivity index (χ0) is 17.5. The molecule has 0 bridgehead atoms. The zero-order valence-corrected chi connectivity index (χ0v) is 15.0. The van der Waals surface area contributed by atoms with Crippen LogP contribution in [0.25, 0.3) is 0 Å². The number of hydrogen-bond acceptors (Lipinski definition) is 3. The molecular weight excluding hydrogens is 300 g/mol. The highest BCUT2D eigenvalue weighted by atomic mass is 16.3. The van der Waals surface area contributed by atoms with Crippen molar-refractivity contribution in [2.45, 2.75) is 45.6 Å². The number of amides is 1. The molecule has 0 unspecified atom stereocenters. The lowest BCUT2D eigenvalue weighted by molar-refractivity contribution is -0.144. The molecule has 1 amide bonds. The quantitative estimate of drug-likeness (QED) is 0.927. The summed E-state index contributed by atoms with van der Waals surface area (Å²) >= 11 is 0. The molecule has 1 aliphatic heterocycles. The van der Waals surface area contributed by atoms with Crippen LogP contribution in [0.3, 0.4) is 0 Å². The van der Waals surface area contributed by atoms with E-state index in [-0.39, 0.29) is 5.91 Å². The summed E-state index contributed by atoms with van der Waals surface area (Å²) in [5.41, 5.74) is 4.60. The number of rotatable bonds is 3. The number of carbonyl (C=O) groups excluding carboxylic acids is 1. The third-order valence-corrected chi connectivity index (χ3v) is 4.88. The van der Waals surface area contributed by atoms with Gasteiger partial charge in [-0.05, 0) is 62.8 Å². The van der Waals surface area contributed by atoms with Crippen LogP contribution in [0.15, 0.2) is 47.3 Å². The third kappa shape index (κ3) is 2.98. The van der Waals surface area contributed by atoms with Gasteiger partial charge in [0.15, 0.2) is 0 Å². The maximum absolute atomic E-state index is 12.5. The summed E-state index contributed by atoms with van der Waals surface area (Å²) in [5, 5.41) is 10.1. The Labute approximate surface area is 144 Å². The van der Waals surface area contributed by atoms with E-state index < -0.39 is 5.60 Å². The molecule has 1 aliphatic carbocycles. The molecule has 24 heavy (non-hydrogen) atoms. The van der Waals surface area contributed by atoms with E-state index in [1.807, 2.05) is 0 Å². The average molecular weight is 326 g/mol. The molecule has 4 nitrogen and oxygen atoms in total. The second-order valence-electron chi connectivity index (χ2n) is 7.28. The van der Waals surface area contributed by atoms with E-state index in [1.165, 1.54) is 36.2 Å². The highest BCUT2D eigenvalue weighted by Gasteiger charge is 2.33. The molecule has 0 aromatic heterocycles. The standard InChI is InChI=1S/C20H26N2O2/c1-14-9-10-16(18(14)21(4)19(23)20(2,3)24)13-22-12-11-15-7-5-6-8-17(15)22/h5-8,13,24H,9-12H2,1-4H3/b16-13+. The summed E-state index contributed by atoms with van der Waals surface area (Å²) in [4.78, 5) is 16.4. The van der Waals surface area contributed by atoms with Gasteiger partial charge in [-0.1, -0.05) is 18.2 Å². The van der Waals surface area contributed by atoms with E-state index >= 15 is 0 Å². The number of para-hydroxylation sites is 1. The number of likely N-dealkylation sites (N-methyl/N-ethyl adjacent to an activating group) is 1. The molecule has 1 aromatic rings. The summed E-state index contributed by atoms with van der Waals surface area (Å²) in [5.74, 6) is -0.272. The second kappa shape index (κ2) is 6.10. The molecule has 1 heterocycles.